The summed E-state index contributed by atoms with van der Waals surface area (Å²) < 4.78 is 4.75. The van der Waals surface area contributed by atoms with Crippen LogP contribution in [0.1, 0.15) is 77.1 Å². The second-order valence-corrected chi connectivity index (χ2v) is 15.7. The molecule has 16 nitrogen and oxygen atoms in total. The van der Waals surface area contributed by atoms with E-state index in [0.29, 0.717) is 30.3 Å². The van der Waals surface area contributed by atoms with Crippen molar-refractivity contribution < 1.29 is 29.0 Å². The summed E-state index contributed by atoms with van der Waals surface area (Å²) in [6.45, 7) is 8.61. The molecule has 4 atom stereocenters. The van der Waals surface area contributed by atoms with E-state index in [2.05, 4.69) is 20.3 Å². The standard InChI is InChI=1S/C42H50N10O6/c1-23(2)35(49-41(55)58-6)39(53)51-15-7-9-33(51)37-45-21-31(47-37)26-13-11-25(12-14-26)27-17-29-30(43-19-27)18-28(20-44-29)32-22-46-38(48-32)34-10-8-16-52(34)40(54)36(24(3)4)50(5)42(56)57/h11-14,17-24,33-36H,7-10,15-16H2,1-6H3,(H,45,47)(H,46,48)(H,49,55)(H,56,57)/t33-,34-,35-,36-/m0/s1. The quantitative estimate of drug-likeness (QED) is 0.116. The van der Waals surface area contributed by atoms with Crippen molar-refractivity contribution in [3.05, 3.63) is 72.8 Å². The van der Waals surface area contributed by atoms with Crippen LogP contribution in [0.15, 0.2) is 61.2 Å². The van der Waals surface area contributed by atoms with E-state index in [-0.39, 0.29) is 35.7 Å². The van der Waals surface area contributed by atoms with Crippen molar-refractivity contribution in [1.29, 1.82) is 0 Å². The first kappa shape index (κ1) is 39.9. The molecule has 2 saturated heterocycles. The third-order valence-corrected chi connectivity index (χ3v) is 11.2. The number of imidazole rings is 2. The van der Waals surface area contributed by atoms with Crippen molar-refractivity contribution in [2.45, 2.75) is 77.5 Å². The molecular formula is C42H50N10O6. The molecule has 2 aliphatic rings. The Bertz CT molecular complexity index is 2300. The van der Waals surface area contributed by atoms with Gasteiger partial charge in [-0.25, -0.2) is 19.6 Å². The number of fused-ring (bicyclic) bond motifs is 1. The Morgan fingerprint density at radius 3 is 2.03 bits per heavy atom. The molecule has 58 heavy (non-hydrogen) atoms. The van der Waals surface area contributed by atoms with Gasteiger partial charge in [0.1, 0.15) is 23.7 Å². The molecule has 0 bridgehead atoms. The van der Waals surface area contributed by atoms with Gasteiger partial charge < -0.3 is 34.9 Å². The maximum absolute atomic E-state index is 13.6. The largest absolute Gasteiger partial charge is 0.465 e. The molecule has 2 aliphatic heterocycles. The van der Waals surface area contributed by atoms with Crippen LogP contribution in [0.25, 0.3) is 44.7 Å². The van der Waals surface area contributed by atoms with Gasteiger partial charge in [0, 0.05) is 55.4 Å². The molecule has 6 heterocycles. The van der Waals surface area contributed by atoms with Gasteiger partial charge in [0.2, 0.25) is 11.8 Å². The van der Waals surface area contributed by atoms with Gasteiger partial charge >= 0.3 is 12.2 Å². The number of H-pyrrole nitrogens is 2. The van der Waals surface area contributed by atoms with Crippen molar-refractivity contribution in [2.24, 2.45) is 11.8 Å². The Morgan fingerprint density at radius 1 is 0.810 bits per heavy atom. The van der Waals surface area contributed by atoms with Gasteiger partial charge in [0.05, 0.1) is 47.8 Å². The highest BCUT2D eigenvalue weighted by molar-refractivity contribution is 5.87. The van der Waals surface area contributed by atoms with Gasteiger partial charge in [-0.15, -0.1) is 0 Å². The van der Waals surface area contributed by atoms with Crippen molar-refractivity contribution >= 4 is 35.0 Å². The zero-order valence-corrected chi connectivity index (χ0v) is 33.6. The first-order chi connectivity index (χ1) is 27.8. The molecule has 5 aromatic rings. The van der Waals surface area contributed by atoms with E-state index in [1.807, 2.05) is 76.5 Å². The first-order valence-electron chi connectivity index (χ1n) is 19.7. The first-order valence-corrected chi connectivity index (χ1v) is 19.7. The average molecular weight is 791 g/mol. The van der Waals surface area contributed by atoms with Crippen LogP contribution in [0.5, 0.6) is 0 Å². The number of carbonyl (C=O) groups excluding carboxylic acids is 3. The molecule has 1 aromatic carbocycles. The SMILES string of the molecule is COC(=O)N[C@H](C(=O)N1CCC[C@H]1c1nc(-c2ccc(-c3cnc4cc(-c5cnc([C@@H]6CCCN6C(=O)[C@H](C(C)C)N(C)C(=O)O)[nH]5)cnc4c3)cc2)c[nH]1)C(C)C. The maximum Gasteiger partial charge on any atom is 0.407 e. The van der Waals surface area contributed by atoms with Crippen LogP contribution in [-0.4, -0.2) is 113 Å². The Hall–Kier alpha value is -6.32. The van der Waals surface area contributed by atoms with Gasteiger partial charge in [-0.2, -0.15) is 0 Å². The third kappa shape index (κ3) is 7.95. The number of amides is 4. The molecule has 2 fully saturated rings. The minimum Gasteiger partial charge on any atom is -0.465 e. The minimum absolute atomic E-state index is 0.115. The van der Waals surface area contributed by atoms with E-state index >= 15 is 0 Å². The fourth-order valence-electron chi connectivity index (χ4n) is 8.14. The van der Waals surface area contributed by atoms with Crippen molar-refractivity contribution in [3.8, 4) is 33.6 Å². The number of aromatic amines is 2. The van der Waals surface area contributed by atoms with E-state index in [1.165, 1.54) is 14.2 Å². The zero-order chi connectivity index (χ0) is 41.2. The van der Waals surface area contributed by atoms with Crippen LogP contribution in [0.4, 0.5) is 9.59 Å². The number of carboxylic acid groups (broad SMARTS) is 1. The lowest BCUT2D eigenvalue weighted by atomic mass is 10.0. The van der Waals surface area contributed by atoms with Gasteiger partial charge in [0.15, 0.2) is 0 Å². The number of aromatic nitrogens is 6. The maximum atomic E-state index is 13.6. The summed E-state index contributed by atoms with van der Waals surface area (Å²) in [7, 11) is 2.72. The van der Waals surface area contributed by atoms with Gasteiger partial charge in [-0.3, -0.25) is 24.5 Å². The predicted octanol–water partition coefficient (Wildman–Crippen LogP) is 6.42. The number of benzene rings is 1. The Kier molecular flexibility index (Phi) is 11.5. The van der Waals surface area contributed by atoms with Gasteiger partial charge in [-0.05, 0) is 55.2 Å². The highest BCUT2D eigenvalue weighted by Crippen LogP contribution is 2.35. The van der Waals surface area contributed by atoms with Crippen LogP contribution in [0.2, 0.25) is 0 Å². The third-order valence-electron chi connectivity index (χ3n) is 11.2. The topological polar surface area (TPSA) is 203 Å². The summed E-state index contributed by atoms with van der Waals surface area (Å²) in [5.41, 5.74) is 6.55. The molecule has 0 saturated carbocycles. The fraction of sp³-hybridized carbons (Fsp3) is 0.429. The van der Waals surface area contributed by atoms with E-state index < -0.39 is 24.3 Å². The summed E-state index contributed by atoms with van der Waals surface area (Å²) in [5.74, 6) is 0.688. The van der Waals surface area contributed by atoms with Gasteiger partial charge in [-0.1, -0.05) is 52.0 Å². The number of rotatable bonds is 11. The Balaban J connectivity index is 1.03. The zero-order valence-electron chi connectivity index (χ0n) is 33.6. The number of nitrogens with zero attached hydrogens (tertiary/aromatic N) is 7. The number of hydrogen-bond donors (Lipinski definition) is 4. The molecule has 304 valence electrons. The van der Waals surface area contributed by atoms with Crippen LogP contribution in [-0.2, 0) is 14.3 Å². The van der Waals surface area contributed by atoms with Crippen molar-refractivity contribution in [2.75, 3.05) is 27.2 Å². The number of hydrogen-bond acceptors (Lipinski definition) is 9. The molecule has 0 unspecified atom stereocenters. The van der Waals surface area contributed by atoms with E-state index in [9.17, 15) is 24.3 Å². The Morgan fingerprint density at radius 2 is 1.41 bits per heavy atom. The predicted molar refractivity (Wildman–Crippen MR) is 216 cm³/mol. The second kappa shape index (κ2) is 16.6. The molecule has 4 amide bonds. The number of pyridine rings is 2. The van der Waals surface area contributed by atoms with E-state index in [0.717, 1.165) is 69.7 Å². The number of likely N-dealkylation sites (N-methyl/N-ethyl adjacent to an activating group) is 1. The van der Waals surface area contributed by atoms with E-state index in [4.69, 9.17) is 19.7 Å². The normalized spacial score (nSPS) is 17.9. The highest BCUT2D eigenvalue weighted by Gasteiger charge is 2.40. The monoisotopic (exact) mass is 790 g/mol. The lowest BCUT2D eigenvalue weighted by Crippen LogP contribution is -2.51. The van der Waals surface area contributed by atoms with Crippen LogP contribution < -0.4 is 5.32 Å². The van der Waals surface area contributed by atoms with E-state index in [1.54, 1.807) is 22.2 Å². The molecule has 16 heteroatoms. The molecular weight excluding hydrogens is 741 g/mol. The molecule has 7 rings (SSSR count). The number of ether oxygens (including phenoxy) is 1. The summed E-state index contributed by atoms with van der Waals surface area (Å²) in [4.78, 5) is 81.2. The summed E-state index contributed by atoms with van der Waals surface area (Å²) in [5, 5.41) is 12.3. The van der Waals surface area contributed by atoms with Gasteiger partial charge in [0.25, 0.3) is 0 Å². The fourth-order valence-corrected chi connectivity index (χ4v) is 8.14. The number of methoxy groups -OCH3 is 1. The molecule has 0 spiro atoms. The van der Waals surface area contributed by atoms with Crippen LogP contribution in [0.3, 0.4) is 0 Å². The number of nitrogens with one attached hydrogen (secondary N) is 3. The number of alkyl carbamates (subject to hydrolysis) is 1. The Labute approximate surface area is 336 Å². The van der Waals surface area contributed by atoms with Crippen LogP contribution >= 0.6 is 0 Å². The number of carbonyl (C=O) groups is 4. The summed E-state index contributed by atoms with van der Waals surface area (Å²) in [6.07, 6.45) is 8.54. The van der Waals surface area contributed by atoms with Crippen LogP contribution in [0, 0.1) is 11.8 Å². The summed E-state index contributed by atoms with van der Waals surface area (Å²) in [6, 6.07) is 10.0. The minimum atomic E-state index is -1.14. The molecule has 0 aliphatic carbocycles. The highest BCUT2D eigenvalue weighted by atomic mass is 16.5. The smallest absolute Gasteiger partial charge is 0.407 e. The second-order valence-electron chi connectivity index (χ2n) is 15.7. The van der Waals surface area contributed by atoms with Crippen molar-refractivity contribution in [1.82, 2.24) is 49.9 Å². The molecule has 0 radical (unpaired) electrons. The average Bonchev–Trinajstić information content (AvgIpc) is 4.06. The lowest BCUT2D eigenvalue weighted by molar-refractivity contribution is -0.138. The molecule has 4 aromatic heterocycles. The van der Waals surface area contributed by atoms with Crippen molar-refractivity contribution in [3.63, 3.8) is 0 Å². The summed E-state index contributed by atoms with van der Waals surface area (Å²) >= 11 is 0. The number of likely N-dealkylation sites (tertiary alicyclic amines) is 2. The molecule has 4 N–H and O–H groups in total. The lowest BCUT2D eigenvalue weighted by Gasteiger charge is -2.33.